The molecule has 4 rings (SSSR count). The van der Waals surface area contributed by atoms with Crippen molar-refractivity contribution in [3.05, 3.63) is 64.8 Å². The number of anilines is 1. The van der Waals surface area contributed by atoms with Crippen LogP contribution in [0.5, 0.6) is 0 Å². The minimum Gasteiger partial charge on any atom is -0.322 e. The van der Waals surface area contributed by atoms with Crippen LogP contribution in [0.4, 0.5) is 5.69 Å². The highest BCUT2D eigenvalue weighted by Gasteiger charge is 2.26. The second-order valence-corrected chi connectivity index (χ2v) is 11.3. The highest BCUT2D eigenvalue weighted by atomic mass is 32.2. The molecule has 0 bridgehead atoms. The van der Waals surface area contributed by atoms with E-state index < -0.39 is 10.0 Å². The summed E-state index contributed by atoms with van der Waals surface area (Å²) in [6.07, 6.45) is 6.42. The fraction of sp³-hybridized carbons (Fsp3) is 0.318. The number of hydrogen-bond donors (Lipinski definition) is 2. The summed E-state index contributed by atoms with van der Waals surface area (Å²) < 4.78 is 29.7. The number of sulfonamides is 1. The minimum atomic E-state index is -3.61. The van der Waals surface area contributed by atoms with Crippen LogP contribution in [-0.2, 0) is 22.2 Å². The van der Waals surface area contributed by atoms with Gasteiger partial charge in [0.2, 0.25) is 10.0 Å². The van der Waals surface area contributed by atoms with Gasteiger partial charge in [-0.2, -0.15) is 11.8 Å². The van der Waals surface area contributed by atoms with Crippen molar-refractivity contribution in [2.75, 3.05) is 17.6 Å². The van der Waals surface area contributed by atoms with E-state index in [9.17, 15) is 13.2 Å². The van der Waals surface area contributed by atoms with Crippen LogP contribution < -0.4 is 10.0 Å². The summed E-state index contributed by atoms with van der Waals surface area (Å²) in [6.45, 7) is 2.41. The lowest BCUT2D eigenvalue weighted by molar-refractivity contribution is 0.102. The van der Waals surface area contributed by atoms with E-state index in [2.05, 4.69) is 10.0 Å². The van der Waals surface area contributed by atoms with Crippen LogP contribution in [0.3, 0.4) is 0 Å². The molecule has 31 heavy (non-hydrogen) atoms. The van der Waals surface area contributed by atoms with Gasteiger partial charge in [0, 0.05) is 35.3 Å². The first-order valence-corrected chi connectivity index (χ1v) is 13.7. The maximum Gasteiger partial charge on any atom is 0.258 e. The zero-order valence-electron chi connectivity index (χ0n) is 17.3. The number of carbonyl (C=O) groups is 1. The van der Waals surface area contributed by atoms with Crippen molar-refractivity contribution in [3.8, 4) is 5.00 Å². The van der Waals surface area contributed by atoms with Crippen LogP contribution in [-0.4, -0.2) is 31.2 Å². The third-order valence-electron chi connectivity index (χ3n) is 5.09. The Balaban J connectivity index is 1.62. The minimum absolute atomic E-state index is 0.149. The van der Waals surface area contributed by atoms with Gasteiger partial charge in [0.15, 0.2) is 0 Å². The number of thioether (sulfide) groups is 1. The molecule has 0 saturated heterocycles. The normalized spacial score (nSPS) is 13.7. The van der Waals surface area contributed by atoms with Crippen molar-refractivity contribution in [1.29, 1.82) is 0 Å². The van der Waals surface area contributed by atoms with Crippen LogP contribution in [0.2, 0.25) is 0 Å². The Morgan fingerprint density at radius 2 is 2.00 bits per heavy atom. The molecule has 6 nitrogen and oxygen atoms in total. The maximum absolute atomic E-state index is 13.3. The van der Waals surface area contributed by atoms with Gasteiger partial charge in [-0.05, 0) is 54.5 Å². The predicted molar refractivity (Wildman–Crippen MR) is 128 cm³/mol. The van der Waals surface area contributed by atoms with Crippen molar-refractivity contribution in [1.82, 2.24) is 9.29 Å². The predicted octanol–water partition coefficient (Wildman–Crippen LogP) is 4.66. The van der Waals surface area contributed by atoms with E-state index in [1.807, 2.05) is 47.8 Å². The molecular weight excluding hydrogens is 450 g/mol. The lowest BCUT2D eigenvalue weighted by Crippen LogP contribution is -2.25. The molecule has 2 aromatic heterocycles. The standard InChI is InChI=1S/C22H25N3O3S3/c1-2-3-10-23-31(27,28)17-8-6-7-16(14-17)24-21(26)20-18-9-13-29-15-19(18)30-22(20)25-11-4-5-12-25/h4-8,11-12,14,23H,2-3,9-10,13,15H2,1H3,(H,24,26). The molecule has 0 atom stereocenters. The Morgan fingerprint density at radius 3 is 2.77 bits per heavy atom. The summed E-state index contributed by atoms with van der Waals surface area (Å²) in [7, 11) is -3.61. The van der Waals surface area contributed by atoms with E-state index >= 15 is 0 Å². The number of carbonyl (C=O) groups excluding carboxylic acids is 1. The molecule has 9 heteroatoms. The lowest BCUT2D eigenvalue weighted by atomic mass is 10.1. The molecule has 0 spiro atoms. The first-order valence-electron chi connectivity index (χ1n) is 10.3. The fourth-order valence-corrected chi connectivity index (χ4v) is 7.07. The van der Waals surface area contributed by atoms with Gasteiger partial charge in [-0.3, -0.25) is 4.79 Å². The number of benzene rings is 1. The molecule has 0 aliphatic carbocycles. The highest BCUT2D eigenvalue weighted by molar-refractivity contribution is 7.98. The number of hydrogen-bond acceptors (Lipinski definition) is 5. The van der Waals surface area contributed by atoms with Crippen LogP contribution in [0.1, 0.15) is 40.6 Å². The Hall–Kier alpha value is -2.07. The summed E-state index contributed by atoms with van der Waals surface area (Å²) in [6, 6.07) is 10.3. The summed E-state index contributed by atoms with van der Waals surface area (Å²) >= 11 is 3.53. The number of amides is 1. The van der Waals surface area contributed by atoms with Crippen LogP contribution in [0.25, 0.3) is 5.00 Å². The number of rotatable bonds is 8. The number of nitrogens with one attached hydrogen (secondary N) is 2. The average Bonchev–Trinajstić information content (AvgIpc) is 3.42. The monoisotopic (exact) mass is 475 g/mol. The molecule has 0 unspecified atom stereocenters. The Bertz CT molecular complexity index is 1170. The Morgan fingerprint density at radius 1 is 1.19 bits per heavy atom. The number of unbranched alkanes of at least 4 members (excludes halogenated alkanes) is 1. The van der Waals surface area contributed by atoms with Crippen molar-refractivity contribution in [2.24, 2.45) is 0 Å². The molecule has 164 valence electrons. The number of fused-ring (bicyclic) bond motifs is 1. The van der Waals surface area contributed by atoms with Crippen LogP contribution in [0, 0.1) is 0 Å². The molecule has 0 fully saturated rings. The number of thiophene rings is 1. The molecule has 1 aliphatic rings. The third kappa shape index (κ3) is 4.90. The van der Waals surface area contributed by atoms with E-state index in [-0.39, 0.29) is 10.8 Å². The molecule has 1 amide bonds. The maximum atomic E-state index is 13.3. The van der Waals surface area contributed by atoms with Crippen LogP contribution in [0.15, 0.2) is 53.7 Å². The van der Waals surface area contributed by atoms with E-state index in [1.54, 1.807) is 29.5 Å². The first-order chi connectivity index (χ1) is 15.0. The second-order valence-electron chi connectivity index (χ2n) is 7.31. The molecule has 1 aromatic carbocycles. The van der Waals surface area contributed by atoms with Crippen molar-refractivity contribution >= 4 is 44.7 Å². The van der Waals surface area contributed by atoms with Gasteiger partial charge in [0.25, 0.3) is 5.91 Å². The van der Waals surface area contributed by atoms with Gasteiger partial charge < -0.3 is 9.88 Å². The van der Waals surface area contributed by atoms with Crippen molar-refractivity contribution < 1.29 is 13.2 Å². The second kappa shape index (κ2) is 9.60. The van der Waals surface area contributed by atoms with E-state index in [0.717, 1.165) is 41.3 Å². The molecule has 3 aromatic rings. The van der Waals surface area contributed by atoms with E-state index in [4.69, 9.17) is 0 Å². The zero-order chi connectivity index (χ0) is 21.8. The summed E-state index contributed by atoms with van der Waals surface area (Å²) in [4.78, 5) is 14.7. The summed E-state index contributed by atoms with van der Waals surface area (Å²) in [5, 5.41) is 3.83. The topological polar surface area (TPSA) is 80.2 Å². The van der Waals surface area contributed by atoms with Gasteiger partial charge in [-0.15, -0.1) is 11.3 Å². The van der Waals surface area contributed by atoms with Crippen molar-refractivity contribution in [3.63, 3.8) is 0 Å². The summed E-state index contributed by atoms with van der Waals surface area (Å²) in [5.41, 5.74) is 2.26. The van der Waals surface area contributed by atoms with E-state index in [1.165, 1.54) is 10.9 Å². The quantitative estimate of drug-likeness (QED) is 0.465. The van der Waals surface area contributed by atoms with Gasteiger partial charge in [0.1, 0.15) is 5.00 Å². The first kappa shape index (κ1) is 22.1. The van der Waals surface area contributed by atoms with Gasteiger partial charge in [-0.25, -0.2) is 13.1 Å². The molecule has 1 aliphatic heterocycles. The SMILES string of the molecule is CCCCNS(=O)(=O)c1cccc(NC(=O)c2c(-n3cccc3)sc3c2CCSC3)c1. The molecule has 2 N–H and O–H groups in total. The van der Waals surface area contributed by atoms with Crippen molar-refractivity contribution in [2.45, 2.75) is 36.8 Å². The average molecular weight is 476 g/mol. The highest BCUT2D eigenvalue weighted by Crippen LogP contribution is 2.38. The molecule has 0 saturated carbocycles. The third-order valence-corrected chi connectivity index (χ3v) is 8.96. The Labute approximate surface area is 191 Å². The summed E-state index contributed by atoms with van der Waals surface area (Å²) in [5.74, 6) is 1.70. The fourth-order valence-electron chi connectivity index (χ4n) is 3.51. The molecular formula is C22H25N3O3S3. The Kier molecular flexibility index (Phi) is 6.86. The number of nitrogens with zero attached hydrogens (tertiary/aromatic N) is 1. The van der Waals surface area contributed by atoms with Gasteiger partial charge >= 0.3 is 0 Å². The smallest absolute Gasteiger partial charge is 0.258 e. The van der Waals surface area contributed by atoms with Crippen LogP contribution >= 0.6 is 23.1 Å². The largest absolute Gasteiger partial charge is 0.322 e. The van der Waals surface area contributed by atoms with Gasteiger partial charge in [-0.1, -0.05) is 19.4 Å². The molecule has 3 heterocycles. The zero-order valence-corrected chi connectivity index (χ0v) is 19.7. The number of aromatic nitrogens is 1. The van der Waals surface area contributed by atoms with Gasteiger partial charge in [0.05, 0.1) is 10.5 Å². The van der Waals surface area contributed by atoms with E-state index in [0.29, 0.717) is 17.8 Å². The molecule has 0 radical (unpaired) electrons. The lowest BCUT2D eigenvalue weighted by Gasteiger charge is -2.14.